The fourth-order valence-corrected chi connectivity index (χ4v) is 3.05. The van der Waals surface area contributed by atoms with E-state index in [0.717, 1.165) is 12.1 Å². The quantitative estimate of drug-likeness (QED) is 0.662. The molecule has 0 bridgehead atoms. The van der Waals surface area contributed by atoms with Gasteiger partial charge in [-0.05, 0) is 52.2 Å². The standard InChI is InChI=1S/C18H18BrF3N2O2/c1-4-15(11-6-5-7-12(10-11)18(20,21)22)24(2)17(25)14-9-8-13(19)16(23-14)26-3/h5-10,15H,4H2,1-3H3. The largest absolute Gasteiger partial charge is 0.480 e. The summed E-state index contributed by atoms with van der Waals surface area (Å²) in [4.78, 5) is 18.3. The van der Waals surface area contributed by atoms with Gasteiger partial charge in [-0.25, -0.2) is 4.98 Å². The lowest BCUT2D eigenvalue weighted by atomic mass is 10.00. The number of amides is 1. The zero-order valence-electron chi connectivity index (χ0n) is 14.5. The maximum Gasteiger partial charge on any atom is 0.416 e. The molecule has 1 aromatic carbocycles. The van der Waals surface area contributed by atoms with Gasteiger partial charge in [0, 0.05) is 7.05 Å². The highest BCUT2D eigenvalue weighted by Crippen LogP contribution is 2.33. The summed E-state index contributed by atoms with van der Waals surface area (Å²) in [5, 5.41) is 0. The van der Waals surface area contributed by atoms with Crippen LogP contribution in [0.3, 0.4) is 0 Å². The van der Waals surface area contributed by atoms with E-state index in [1.54, 1.807) is 19.2 Å². The second-order valence-electron chi connectivity index (χ2n) is 5.65. The van der Waals surface area contributed by atoms with E-state index in [4.69, 9.17) is 4.74 Å². The molecule has 1 aromatic heterocycles. The van der Waals surface area contributed by atoms with Crippen molar-refractivity contribution in [3.63, 3.8) is 0 Å². The Bertz CT molecular complexity index is 796. The summed E-state index contributed by atoms with van der Waals surface area (Å²) in [7, 11) is 2.98. The SMILES string of the molecule is CCC(c1cccc(C(F)(F)F)c1)N(C)C(=O)c1ccc(Br)c(OC)n1. The number of aromatic nitrogens is 1. The summed E-state index contributed by atoms with van der Waals surface area (Å²) in [6, 6.07) is 7.68. The van der Waals surface area contributed by atoms with Crippen LogP contribution in [-0.2, 0) is 6.18 Å². The third-order valence-electron chi connectivity index (χ3n) is 4.00. The van der Waals surface area contributed by atoms with E-state index in [1.807, 2.05) is 6.92 Å². The van der Waals surface area contributed by atoms with Gasteiger partial charge in [0.1, 0.15) is 5.69 Å². The third-order valence-corrected chi connectivity index (χ3v) is 4.60. The number of pyridine rings is 1. The average molecular weight is 431 g/mol. The van der Waals surface area contributed by atoms with Crippen molar-refractivity contribution < 1.29 is 22.7 Å². The Labute approximate surface area is 158 Å². The highest BCUT2D eigenvalue weighted by molar-refractivity contribution is 9.10. The van der Waals surface area contributed by atoms with E-state index in [0.29, 0.717) is 16.5 Å². The minimum absolute atomic E-state index is 0.151. The summed E-state index contributed by atoms with van der Waals surface area (Å²) in [6.07, 6.45) is -3.98. The van der Waals surface area contributed by atoms with Crippen molar-refractivity contribution in [3.05, 3.63) is 57.7 Å². The minimum atomic E-state index is -4.43. The van der Waals surface area contributed by atoms with Crippen molar-refractivity contribution in [2.75, 3.05) is 14.2 Å². The molecule has 0 spiro atoms. The first kappa shape index (κ1) is 20.2. The van der Waals surface area contributed by atoms with Gasteiger partial charge in [-0.15, -0.1) is 0 Å². The Morgan fingerprint density at radius 3 is 2.58 bits per heavy atom. The van der Waals surface area contributed by atoms with Crippen LogP contribution in [0, 0.1) is 0 Å². The van der Waals surface area contributed by atoms with E-state index in [1.165, 1.54) is 24.1 Å². The van der Waals surface area contributed by atoms with Crippen LogP contribution >= 0.6 is 15.9 Å². The van der Waals surface area contributed by atoms with Crippen LogP contribution in [0.15, 0.2) is 40.9 Å². The van der Waals surface area contributed by atoms with Crippen molar-refractivity contribution in [1.29, 1.82) is 0 Å². The van der Waals surface area contributed by atoms with Crippen molar-refractivity contribution in [2.24, 2.45) is 0 Å². The highest BCUT2D eigenvalue weighted by atomic mass is 79.9. The summed E-state index contributed by atoms with van der Waals surface area (Å²) < 4.78 is 44.6. The second kappa shape index (κ2) is 8.07. The van der Waals surface area contributed by atoms with Gasteiger partial charge in [-0.1, -0.05) is 19.1 Å². The van der Waals surface area contributed by atoms with Crippen molar-refractivity contribution in [3.8, 4) is 5.88 Å². The highest BCUT2D eigenvalue weighted by Gasteiger charge is 2.32. The molecule has 1 heterocycles. The van der Waals surface area contributed by atoms with E-state index in [2.05, 4.69) is 20.9 Å². The second-order valence-corrected chi connectivity index (χ2v) is 6.51. The van der Waals surface area contributed by atoms with Gasteiger partial charge in [0.25, 0.3) is 5.91 Å². The van der Waals surface area contributed by atoms with Crippen LogP contribution in [-0.4, -0.2) is 29.9 Å². The molecule has 0 N–H and O–H groups in total. The molecule has 2 rings (SSSR count). The van der Waals surface area contributed by atoms with Gasteiger partial charge >= 0.3 is 6.18 Å². The van der Waals surface area contributed by atoms with Crippen LogP contribution < -0.4 is 4.74 Å². The first-order valence-electron chi connectivity index (χ1n) is 7.83. The van der Waals surface area contributed by atoms with Gasteiger partial charge in [0.2, 0.25) is 5.88 Å². The number of alkyl halides is 3. The van der Waals surface area contributed by atoms with Crippen LogP contribution in [0.1, 0.15) is 41.0 Å². The molecule has 0 aliphatic heterocycles. The number of carbonyl (C=O) groups is 1. The van der Waals surface area contributed by atoms with E-state index < -0.39 is 23.7 Å². The molecule has 140 valence electrons. The molecule has 1 atom stereocenters. The number of benzene rings is 1. The molecular formula is C18H18BrF3N2O2. The van der Waals surface area contributed by atoms with Crippen LogP contribution in [0.2, 0.25) is 0 Å². The molecule has 0 saturated carbocycles. The smallest absolute Gasteiger partial charge is 0.416 e. The summed E-state index contributed by atoms with van der Waals surface area (Å²) in [6.45, 7) is 1.81. The van der Waals surface area contributed by atoms with Crippen molar-refractivity contribution in [2.45, 2.75) is 25.6 Å². The summed E-state index contributed by atoms with van der Waals surface area (Å²) >= 11 is 3.26. The molecule has 0 aliphatic rings. The Balaban J connectivity index is 2.34. The Morgan fingerprint density at radius 1 is 1.31 bits per heavy atom. The molecule has 1 amide bonds. The molecule has 0 aliphatic carbocycles. The van der Waals surface area contributed by atoms with E-state index >= 15 is 0 Å². The Hall–Kier alpha value is -2.09. The summed E-state index contributed by atoms with van der Waals surface area (Å²) in [5.74, 6) is -0.142. The number of halogens is 4. The van der Waals surface area contributed by atoms with Gasteiger partial charge in [0.15, 0.2) is 0 Å². The van der Waals surface area contributed by atoms with Crippen LogP contribution in [0.5, 0.6) is 5.88 Å². The Morgan fingerprint density at radius 2 is 2.00 bits per heavy atom. The molecular weight excluding hydrogens is 413 g/mol. The molecule has 0 radical (unpaired) electrons. The van der Waals surface area contributed by atoms with Crippen LogP contribution in [0.25, 0.3) is 0 Å². The van der Waals surface area contributed by atoms with Gasteiger partial charge < -0.3 is 9.64 Å². The van der Waals surface area contributed by atoms with Crippen molar-refractivity contribution in [1.82, 2.24) is 9.88 Å². The maximum atomic E-state index is 13.0. The fourth-order valence-electron chi connectivity index (χ4n) is 2.66. The van der Waals surface area contributed by atoms with Crippen molar-refractivity contribution >= 4 is 21.8 Å². The zero-order chi connectivity index (χ0) is 19.5. The number of carbonyl (C=O) groups excluding carboxylic acids is 1. The van der Waals surface area contributed by atoms with Crippen LogP contribution in [0.4, 0.5) is 13.2 Å². The third kappa shape index (κ3) is 4.35. The zero-order valence-corrected chi connectivity index (χ0v) is 16.1. The number of hydrogen-bond acceptors (Lipinski definition) is 3. The summed E-state index contributed by atoms with van der Waals surface area (Å²) in [5.41, 5.74) is -0.169. The monoisotopic (exact) mass is 430 g/mol. The molecule has 0 saturated heterocycles. The molecule has 8 heteroatoms. The predicted octanol–water partition coefficient (Wildman–Crippen LogP) is 5.09. The number of nitrogens with zero attached hydrogens (tertiary/aromatic N) is 2. The molecule has 0 fully saturated rings. The van der Waals surface area contributed by atoms with Gasteiger partial charge in [0.05, 0.1) is 23.2 Å². The normalized spacial score (nSPS) is 12.6. The lowest BCUT2D eigenvalue weighted by molar-refractivity contribution is -0.137. The first-order chi connectivity index (χ1) is 12.2. The lowest BCUT2D eigenvalue weighted by Crippen LogP contribution is -2.31. The van der Waals surface area contributed by atoms with E-state index in [9.17, 15) is 18.0 Å². The lowest BCUT2D eigenvalue weighted by Gasteiger charge is -2.28. The molecule has 4 nitrogen and oxygen atoms in total. The van der Waals surface area contributed by atoms with Gasteiger partial charge in [-0.3, -0.25) is 4.79 Å². The molecule has 2 aromatic rings. The Kier molecular flexibility index (Phi) is 6.28. The topological polar surface area (TPSA) is 42.4 Å². The molecule has 1 unspecified atom stereocenters. The fraction of sp³-hybridized carbons (Fsp3) is 0.333. The maximum absolute atomic E-state index is 13.0. The van der Waals surface area contributed by atoms with Gasteiger partial charge in [-0.2, -0.15) is 13.2 Å². The average Bonchev–Trinajstić information content (AvgIpc) is 2.61. The number of methoxy groups -OCH3 is 1. The first-order valence-corrected chi connectivity index (χ1v) is 8.63. The number of ether oxygens (including phenoxy) is 1. The molecule has 26 heavy (non-hydrogen) atoms. The number of rotatable bonds is 5. The number of hydrogen-bond donors (Lipinski definition) is 0. The van der Waals surface area contributed by atoms with E-state index in [-0.39, 0.29) is 11.6 Å². The predicted molar refractivity (Wildman–Crippen MR) is 95.1 cm³/mol. The minimum Gasteiger partial charge on any atom is -0.480 e.